The first-order valence-electron chi connectivity index (χ1n) is 5.87. The monoisotopic (exact) mass is 275 g/mol. The molecule has 0 aromatic heterocycles. The second kappa shape index (κ2) is 5.56. The van der Waals surface area contributed by atoms with E-state index in [0.717, 1.165) is 0 Å². The van der Waals surface area contributed by atoms with Gasteiger partial charge in [-0.05, 0) is 12.1 Å². The summed E-state index contributed by atoms with van der Waals surface area (Å²) >= 11 is 0. The lowest BCUT2D eigenvalue weighted by Crippen LogP contribution is -2.17. The Morgan fingerprint density at radius 3 is 2.45 bits per heavy atom. The molecule has 0 fully saturated rings. The van der Waals surface area contributed by atoms with Gasteiger partial charge in [0.1, 0.15) is 0 Å². The van der Waals surface area contributed by atoms with Crippen LogP contribution in [0.25, 0.3) is 0 Å². The fourth-order valence-corrected chi connectivity index (χ4v) is 1.93. The van der Waals surface area contributed by atoms with E-state index in [9.17, 15) is 14.4 Å². The van der Waals surface area contributed by atoms with Crippen molar-refractivity contribution in [1.82, 2.24) is 0 Å². The van der Waals surface area contributed by atoms with Crippen molar-refractivity contribution in [2.45, 2.75) is 6.42 Å². The molecular formula is C14H13NO5. The van der Waals surface area contributed by atoms with Crippen molar-refractivity contribution in [1.29, 1.82) is 0 Å². The number of benzene rings is 1. The number of fused-ring (bicyclic) bond motifs is 1. The van der Waals surface area contributed by atoms with Gasteiger partial charge in [-0.25, -0.2) is 4.79 Å². The molecule has 1 heterocycles. The Bertz CT molecular complexity index is 618. The third kappa shape index (κ3) is 2.40. The molecule has 6 nitrogen and oxygen atoms in total. The number of carbonyl (C=O) groups is 3. The SMILES string of the molecule is COC(=O)C/C(C(=O)OC)=C1/Nc2ccccc2C1=O. The molecule has 0 bridgehead atoms. The zero-order valence-electron chi connectivity index (χ0n) is 11.1. The summed E-state index contributed by atoms with van der Waals surface area (Å²) in [7, 11) is 2.40. The van der Waals surface area contributed by atoms with Crippen molar-refractivity contribution >= 4 is 23.4 Å². The van der Waals surface area contributed by atoms with Crippen molar-refractivity contribution in [3.63, 3.8) is 0 Å². The third-order valence-corrected chi connectivity index (χ3v) is 2.94. The highest BCUT2D eigenvalue weighted by molar-refractivity contribution is 6.21. The predicted molar refractivity (Wildman–Crippen MR) is 70.1 cm³/mol. The number of allylic oxidation sites excluding steroid dienone is 1. The van der Waals surface area contributed by atoms with Crippen molar-refractivity contribution in [3.05, 3.63) is 41.1 Å². The topological polar surface area (TPSA) is 81.7 Å². The molecule has 20 heavy (non-hydrogen) atoms. The molecule has 1 aliphatic heterocycles. The molecule has 0 unspecified atom stereocenters. The van der Waals surface area contributed by atoms with Crippen LogP contribution in [0.3, 0.4) is 0 Å². The Labute approximate surface area is 115 Å². The molecule has 0 atom stereocenters. The van der Waals surface area contributed by atoms with Gasteiger partial charge in [0, 0.05) is 11.3 Å². The van der Waals surface area contributed by atoms with Crippen LogP contribution in [0.15, 0.2) is 35.5 Å². The summed E-state index contributed by atoms with van der Waals surface area (Å²) in [5.41, 5.74) is 1.07. The van der Waals surface area contributed by atoms with Crippen molar-refractivity contribution in [2.24, 2.45) is 0 Å². The van der Waals surface area contributed by atoms with Gasteiger partial charge in [0.15, 0.2) is 0 Å². The Morgan fingerprint density at radius 1 is 1.15 bits per heavy atom. The molecule has 0 aliphatic carbocycles. The number of rotatable bonds is 3. The number of methoxy groups -OCH3 is 2. The zero-order valence-corrected chi connectivity index (χ0v) is 11.1. The standard InChI is InChI=1S/C14H13NO5/c1-19-11(16)7-9(14(18)20-2)12-13(17)8-5-3-4-6-10(8)15-12/h3-6,15H,7H2,1-2H3/b12-9-. The maximum absolute atomic E-state index is 12.2. The van der Waals surface area contributed by atoms with Crippen LogP contribution in [0.2, 0.25) is 0 Å². The van der Waals surface area contributed by atoms with Crippen LogP contribution in [0.5, 0.6) is 0 Å². The average molecular weight is 275 g/mol. The summed E-state index contributed by atoms with van der Waals surface area (Å²) in [5.74, 6) is -1.70. The first-order chi connectivity index (χ1) is 9.58. The molecule has 0 radical (unpaired) electrons. The van der Waals surface area contributed by atoms with Crippen LogP contribution in [0.4, 0.5) is 5.69 Å². The van der Waals surface area contributed by atoms with E-state index >= 15 is 0 Å². The number of ketones is 1. The number of carbonyl (C=O) groups excluding carboxylic acids is 3. The smallest absolute Gasteiger partial charge is 0.336 e. The van der Waals surface area contributed by atoms with Gasteiger partial charge in [0.05, 0.1) is 31.9 Å². The van der Waals surface area contributed by atoms with E-state index < -0.39 is 11.9 Å². The second-order valence-electron chi connectivity index (χ2n) is 4.10. The molecule has 1 aromatic carbocycles. The van der Waals surface area contributed by atoms with E-state index in [4.69, 9.17) is 0 Å². The number of ether oxygens (including phenoxy) is 2. The molecule has 0 saturated carbocycles. The van der Waals surface area contributed by atoms with E-state index in [-0.39, 0.29) is 23.5 Å². The number of anilines is 1. The molecule has 0 amide bonds. The Kier molecular flexibility index (Phi) is 3.84. The summed E-state index contributed by atoms with van der Waals surface area (Å²) in [5, 5.41) is 2.85. The number of Topliss-reactive ketones (excluding diaryl/α,β-unsaturated/α-hetero) is 1. The molecule has 1 aliphatic rings. The van der Waals surface area contributed by atoms with E-state index in [0.29, 0.717) is 11.3 Å². The second-order valence-corrected chi connectivity index (χ2v) is 4.10. The molecule has 6 heteroatoms. The first kappa shape index (κ1) is 13.8. The number of para-hydroxylation sites is 1. The van der Waals surface area contributed by atoms with Crippen LogP contribution in [-0.2, 0) is 19.1 Å². The van der Waals surface area contributed by atoms with Crippen LogP contribution in [0.1, 0.15) is 16.8 Å². The lowest BCUT2D eigenvalue weighted by molar-refractivity contribution is -0.143. The highest BCUT2D eigenvalue weighted by atomic mass is 16.5. The largest absolute Gasteiger partial charge is 0.469 e. The maximum Gasteiger partial charge on any atom is 0.336 e. The van der Waals surface area contributed by atoms with E-state index in [1.807, 2.05) is 0 Å². The Hall–Kier alpha value is -2.63. The minimum absolute atomic E-state index is 0.0412. The van der Waals surface area contributed by atoms with Crippen LogP contribution in [-0.4, -0.2) is 31.9 Å². The Morgan fingerprint density at radius 2 is 1.85 bits per heavy atom. The first-order valence-corrected chi connectivity index (χ1v) is 5.87. The highest BCUT2D eigenvalue weighted by Crippen LogP contribution is 2.30. The lowest BCUT2D eigenvalue weighted by Gasteiger charge is -2.08. The number of hydrogen-bond acceptors (Lipinski definition) is 6. The van der Waals surface area contributed by atoms with Crippen molar-refractivity contribution in [2.75, 3.05) is 19.5 Å². The van der Waals surface area contributed by atoms with Crippen LogP contribution in [0, 0.1) is 0 Å². The summed E-state index contributed by atoms with van der Waals surface area (Å²) < 4.78 is 9.15. The van der Waals surface area contributed by atoms with E-state index in [2.05, 4.69) is 14.8 Å². The van der Waals surface area contributed by atoms with Crippen LogP contribution < -0.4 is 5.32 Å². The number of hydrogen-bond donors (Lipinski definition) is 1. The van der Waals surface area contributed by atoms with Gasteiger partial charge < -0.3 is 14.8 Å². The molecular weight excluding hydrogens is 262 g/mol. The van der Waals surface area contributed by atoms with Gasteiger partial charge in [-0.3, -0.25) is 9.59 Å². The van der Waals surface area contributed by atoms with Gasteiger partial charge >= 0.3 is 11.9 Å². The van der Waals surface area contributed by atoms with Gasteiger partial charge in [-0.1, -0.05) is 12.1 Å². The zero-order chi connectivity index (χ0) is 14.7. The fraction of sp³-hybridized carbons (Fsp3) is 0.214. The molecule has 0 saturated heterocycles. The molecule has 1 aromatic rings. The number of esters is 2. The van der Waals surface area contributed by atoms with E-state index in [1.165, 1.54) is 14.2 Å². The van der Waals surface area contributed by atoms with E-state index in [1.54, 1.807) is 24.3 Å². The van der Waals surface area contributed by atoms with Crippen molar-refractivity contribution < 1.29 is 23.9 Å². The lowest BCUT2D eigenvalue weighted by atomic mass is 10.1. The Balaban J connectivity index is 2.45. The molecule has 104 valence electrons. The highest BCUT2D eigenvalue weighted by Gasteiger charge is 2.31. The number of nitrogens with one attached hydrogen (secondary N) is 1. The van der Waals surface area contributed by atoms with Gasteiger partial charge in [-0.15, -0.1) is 0 Å². The summed E-state index contributed by atoms with van der Waals surface area (Å²) in [6.07, 6.45) is -0.328. The summed E-state index contributed by atoms with van der Waals surface area (Å²) in [6, 6.07) is 6.84. The average Bonchev–Trinajstić information content (AvgIpc) is 2.81. The molecule has 0 spiro atoms. The predicted octanol–water partition coefficient (Wildman–Crippen LogP) is 1.29. The summed E-state index contributed by atoms with van der Waals surface area (Å²) in [4.78, 5) is 35.4. The third-order valence-electron chi connectivity index (χ3n) is 2.94. The van der Waals surface area contributed by atoms with Gasteiger partial charge in [-0.2, -0.15) is 0 Å². The molecule has 2 rings (SSSR count). The van der Waals surface area contributed by atoms with Gasteiger partial charge in [0.25, 0.3) is 0 Å². The fourth-order valence-electron chi connectivity index (χ4n) is 1.93. The molecule has 1 N–H and O–H groups in total. The minimum Gasteiger partial charge on any atom is -0.469 e. The minimum atomic E-state index is -0.737. The maximum atomic E-state index is 12.2. The quantitative estimate of drug-likeness (QED) is 0.661. The van der Waals surface area contributed by atoms with Crippen molar-refractivity contribution in [3.8, 4) is 0 Å². The summed E-state index contributed by atoms with van der Waals surface area (Å²) in [6.45, 7) is 0. The van der Waals surface area contributed by atoms with Gasteiger partial charge in [0.2, 0.25) is 5.78 Å². The van der Waals surface area contributed by atoms with Crippen LogP contribution >= 0.6 is 0 Å². The normalized spacial score (nSPS) is 15.2.